The highest BCUT2D eigenvalue weighted by atomic mass is 32.2. The molecule has 0 aliphatic rings. The number of carbonyl (C=O) groups is 1. The first-order valence-electron chi connectivity index (χ1n) is 10.3. The van der Waals surface area contributed by atoms with Crippen LogP contribution in [0.3, 0.4) is 0 Å². The molecule has 4 rings (SSSR count). The molecule has 0 aliphatic carbocycles. The maximum absolute atomic E-state index is 12.4. The summed E-state index contributed by atoms with van der Waals surface area (Å²) >= 11 is 1.40. The van der Waals surface area contributed by atoms with E-state index in [9.17, 15) is 4.79 Å². The number of H-pyrrole nitrogens is 1. The van der Waals surface area contributed by atoms with E-state index in [0.717, 1.165) is 33.3 Å². The summed E-state index contributed by atoms with van der Waals surface area (Å²) in [4.78, 5) is 22.5. The number of nitrogens with zero attached hydrogens (tertiary/aromatic N) is 2. The largest absolute Gasteiger partial charge is 0.339 e. The number of aromatic nitrogens is 2. The van der Waals surface area contributed by atoms with Gasteiger partial charge in [0.15, 0.2) is 5.16 Å². The molecule has 158 valence electrons. The van der Waals surface area contributed by atoms with E-state index in [4.69, 9.17) is 0 Å². The highest BCUT2D eigenvalue weighted by Gasteiger charge is 2.13. The topological polar surface area (TPSA) is 61.0 Å². The summed E-state index contributed by atoms with van der Waals surface area (Å²) < 4.78 is 0. The Labute approximate surface area is 186 Å². The summed E-state index contributed by atoms with van der Waals surface area (Å²) in [5, 5.41) is 3.72. The van der Waals surface area contributed by atoms with Crippen LogP contribution < -0.4 is 10.2 Å². The molecule has 0 radical (unpaired) electrons. The number of hydrogen-bond donors (Lipinski definition) is 2. The highest BCUT2D eigenvalue weighted by Crippen LogP contribution is 2.29. The maximum atomic E-state index is 12.4. The molecule has 0 unspecified atom stereocenters. The van der Waals surface area contributed by atoms with Gasteiger partial charge < -0.3 is 15.2 Å². The van der Waals surface area contributed by atoms with Crippen molar-refractivity contribution in [2.75, 3.05) is 16.0 Å². The molecule has 1 amide bonds. The number of hydrogen-bond acceptors (Lipinski definition) is 4. The maximum Gasteiger partial charge on any atom is 0.234 e. The van der Waals surface area contributed by atoms with Crippen LogP contribution in [0.2, 0.25) is 0 Å². The Morgan fingerprint density at radius 1 is 1.03 bits per heavy atom. The monoisotopic (exact) mass is 430 g/mol. The molecule has 0 aliphatic heterocycles. The number of imidazole rings is 1. The zero-order valence-corrected chi connectivity index (χ0v) is 18.7. The molecule has 5 nitrogen and oxygen atoms in total. The van der Waals surface area contributed by atoms with Crippen LogP contribution in [0, 0.1) is 6.92 Å². The molecule has 4 aromatic rings. The first-order valence-corrected chi connectivity index (χ1v) is 11.3. The standard InChI is InChI=1S/C25H26N4OS/c1-17(2)29(20-7-5-4-6-8-20)21-12-10-19(11-13-21)26-24(30)16-31-25-27-22-14-9-18(3)15-23(22)28-25/h4-15,17H,16H2,1-3H3,(H,26,30)(H,27,28). The zero-order valence-electron chi connectivity index (χ0n) is 17.9. The van der Waals surface area contributed by atoms with Gasteiger partial charge in [0.25, 0.3) is 0 Å². The second kappa shape index (κ2) is 9.27. The van der Waals surface area contributed by atoms with Gasteiger partial charge in [-0.1, -0.05) is 36.0 Å². The van der Waals surface area contributed by atoms with Crippen LogP contribution in [0.25, 0.3) is 11.0 Å². The average Bonchev–Trinajstić information content (AvgIpc) is 3.16. The van der Waals surface area contributed by atoms with Gasteiger partial charge in [0.2, 0.25) is 5.91 Å². The molecule has 6 heteroatoms. The average molecular weight is 431 g/mol. The second-order valence-corrected chi connectivity index (χ2v) is 8.71. The number of aromatic amines is 1. The molecule has 1 heterocycles. The molecular weight excluding hydrogens is 404 g/mol. The van der Waals surface area contributed by atoms with Gasteiger partial charge in [0.1, 0.15) is 0 Å². The van der Waals surface area contributed by atoms with E-state index >= 15 is 0 Å². The van der Waals surface area contributed by atoms with E-state index in [2.05, 4.69) is 52.2 Å². The van der Waals surface area contributed by atoms with Crippen LogP contribution >= 0.6 is 11.8 Å². The lowest BCUT2D eigenvalue weighted by atomic mass is 10.2. The van der Waals surface area contributed by atoms with Gasteiger partial charge in [-0.05, 0) is 74.9 Å². The highest BCUT2D eigenvalue weighted by molar-refractivity contribution is 7.99. The van der Waals surface area contributed by atoms with Crippen molar-refractivity contribution in [3.63, 3.8) is 0 Å². The summed E-state index contributed by atoms with van der Waals surface area (Å²) in [5.41, 5.74) is 6.10. The molecule has 2 N–H and O–H groups in total. The number of fused-ring (bicyclic) bond motifs is 1. The van der Waals surface area contributed by atoms with Crippen LogP contribution in [-0.2, 0) is 4.79 Å². The molecule has 3 aromatic carbocycles. The van der Waals surface area contributed by atoms with Gasteiger partial charge in [-0.2, -0.15) is 0 Å². The zero-order chi connectivity index (χ0) is 21.8. The summed E-state index contributed by atoms with van der Waals surface area (Å²) in [5.74, 6) is 0.237. The van der Waals surface area contributed by atoms with E-state index in [1.807, 2.05) is 61.5 Å². The van der Waals surface area contributed by atoms with Crippen molar-refractivity contribution in [2.45, 2.75) is 32.0 Å². The van der Waals surface area contributed by atoms with E-state index in [0.29, 0.717) is 11.8 Å². The Morgan fingerprint density at radius 2 is 1.74 bits per heavy atom. The van der Waals surface area contributed by atoms with Crippen LogP contribution in [0.5, 0.6) is 0 Å². The molecule has 0 saturated heterocycles. The van der Waals surface area contributed by atoms with Gasteiger partial charge in [-0.25, -0.2) is 4.98 Å². The number of carbonyl (C=O) groups excluding carboxylic acids is 1. The number of aryl methyl sites for hydroxylation is 1. The first-order chi connectivity index (χ1) is 15.0. The number of amides is 1. The Bertz CT molecular complexity index is 1170. The molecular formula is C25H26N4OS. The van der Waals surface area contributed by atoms with Crippen LogP contribution in [0.4, 0.5) is 17.1 Å². The summed E-state index contributed by atoms with van der Waals surface area (Å²) in [6.45, 7) is 6.38. The summed E-state index contributed by atoms with van der Waals surface area (Å²) in [7, 11) is 0. The lowest BCUT2D eigenvalue weighted by Crippen LogP contribution is -2.25. The van der Waals surface area contributed by atoms with Crippen molar-refractivity contribution in [2.24, 2.45) is 0 Å². The molecule has 0 bridgehead atoms. The van der Waals surface area contributed by atoms with Crippen LogP contribution in [0.15, 0.2) is 78.0 Å². The minimum atomic E-state index is -0.0573. The normalized spacial score (nSPS) is 11.1. The Morgan fingerprint density at radius 3 is 2.45 bits per heavy atom. The lowest BCUT2D eigenvalue weighted by Gasteiger charge is -2.29. The molecule has 0 atom stereocenters. The minimum Gasteiger partial charge on any atom is -0.339 e. The van der Waals surface area contributed by atoms with Crippen LogP contribution in [-0.4, -0.2) is 27.7 Å². The van der Waals surface area contributed by atoms with Crippen molar-refractivity contribution in [1.82, 2.24) is 9.97 Å². The summed E-state index contributed by atoms with van der Waals surface area (Å²) in [6.07, 6.45) is 0. The molecule has 0 saturated carbocycles. The van der Waals surface area contributed by atoms with Crippen molar-refractivity contribution < 1.29 is 4.79 Å². The van der Waals surface area contributed by atoms with Gasteiger partial charge >= 0.3 is 0 Å². The van der Waals surface area contributed by atoms with Crippen molar-refractivity contribution in [3.05, 3.63) is 78.4 Å². The summed E-state index contributed by atoms with van der Waals surface area (Å²) in [6, 6.07) is 24.7. The fraction of sp³-hybridized carbons (Fsp3) is 0.200. The molecule has 31 heavy (non-hydrogen) atoms. The predicted molar refractivity (Wildman–Crippen MR) is 130 cm³/mol. The van der Waals surface area contributed by atoms with Gasteiger partial charge in [0, 0.05) is 23.1 Å². The number of rotatable bonds is 7. The second-order valence-electron chi connectivity index (χ2n) is 7.75. The van der Waals surface area contributed by atoms with Crippen molar-refractivity contribution >= 4 is 45.8 Å². The fourth-order valence-corrected chi connectivity index (χ4v) is 4.22. The quantitative estimate of drug-likeness (QED) is 0.345. The number of nitrogens with one attached hydrogen (secondary N) is 2. The van der Waals surface area contributed by atoms with E-state index in [-0.39, 0.29) is 5.91 Å². The third-order valence-corrected chi connectivity index (χ3v) is 5.81. The minimum absolute atomic E-state index is 0.0573. The van der Waals surface area contributed by atoms with E-state index in [1.165, 1.54) is 17.3 Å². The Hall–Kier alpha value is -3.25. The molecule has 0 spiro atoms. The number of anilines is 3. The van der Waals surface area contributed by atoms with E-state index < -0.39 is 0 Å². The number of para-hydroxylation sites is 1. The van der Waals surface area contributed by atoms with Crippen molar-refractivity contribution in [1.29, 1.82) is 0 Å². The van der Waals surface area contributed by atoms with Crippen molar-refractivity contribution in [3.8, 4) is 0 Å². The Balaban J connectivity index is 1.38. The predicted octanol–water partition coefficient (Wildman–Crippen LogP) is 6.15. The Kier molecular flexibility index (Phi) is 6.28. The molecule has 1 aromatic heterocycles. The lowest BCUT2D eigenvalue weighted by molar-refractivity contribution is -0.113. The third-order valence-electron chi connectivity index (χ3n) is 4.94. The number of thioether (sulfide) groups is 1. The fourth-order valence-electron chi connectivity index (χ4n) is 3.54. The van der Waals surface area contributed by atoms with Gasteiger partial charge in [0.05, 0.1) is 16.8 Å². The number of benzene rings is 3. The SMILES string of the molecule is Cc1ccc2nc(SCC(=O)Nc3ccc(N(c4ccccc4)C(C)C)cc3)[nH]c2c1. The third kappa shape index (κ3) is 5.09. The van der Waals surface area contributed by atoms with Crippen LogP contribution in [0.1, 0.15) is 19.4 Å². The van der Waals surface area contributed by atoms with Gasteiger partial charge in [-0.15, -0.1) is 0 Å². The first kappa shape index (κ1) is 21.0. The van der Waals surface area contributed by atoms with Gasteiger partial charge in [-0.3, -0.25) is 4.79 Å². The molecule has 0 fully saturated rings. The van der Waals surface area contributed by atoms with E-state index in [1.54, 1.807) is 0 Å². The smallest absolute Gasteiger partial charge is 0.234 e.